The molecule has 2 amide bonds. The summed E-state index contributed by atoms with van der Waals surface area (Å²) in [7, 11) is 3.17. The molecule has 6 heteroatoms. The fourth-order valence-electron chi connectivity index (χ4n) is 3.45. The van der Waals surface area contributed by atoms with Gasteiger partial charge in [0.15, 0.2) is 0 Å². The molecule has 4 rings (SSSR count). The van der Waals surface area contributed by atoms with E-state index in [2.05, 4.69) is 22.4 Å². The van der Waals surface area contributed by atoms with Gasteiger partial charge in [0, 0.05) is 47.7 Å². The summed E-state index contributed by atoms with van der Waals surface area (Å²) in [4.78, 5) is 18.1. The predicted octanol–water partition coefficient (Wildman–Crippen LogP) is 3.78. The third-order valence-corrected chi connectivity index (χ3v) is 4.82. The molecule has 26 heavy (non-hydrogen) atoms. The smallest absolute Gasteiger partial charge is 0.322 e. The Balaban J connectivity index is 1.57. The molecular formula is C20H21N3O3. The third kappa shape index (κ3) is 2.83. The molecule has 3 aromatic rings. The molecule has 2 heterocycles. The number of urea groups is 1. The van der Waals surface area contributed by atoms with Crippen molar-refractivity contribution in [3.05, 3.63) is 53.7 Å². The Morgan fingerprint density at radius 3 is 2.81 bits per heavy atom. The zero-order chi connectivity index (χ0) is 18.1. The maximum absolute atomic E-state index is 12.8. The number of amides is 2. The number of rotatable bonds is 3. The van der Waals surface area contributed by atoms with Gasteiger partial charge in [-0.2, -0.15) is 0 Å². The summed E-state index contributed by atoms with van der Waals surface area (Å²) in [5.74, 6) is 1.27. The number of aromatic amines is 1. The summed E-state index contributed by atoms with van der Waals surface area (Å²) in [5.41, 5.74) is 4.13. The van der Waals surface area contributed by atoms with Crippen LogP contribution in [0.2, 0.25) is 0 Å². The van der Waals surface area contributed by atoms with E-state index in [-0.39, 0.29) is 6.03 Å². The summed E-state index contributed by atoms with van der Waals surface area (Å²) in [6, 6.07) is 13.4. The Morgan fingerprint density at radius 1 is 1.15 bits per heavy atom. The number of hydrogen-bond donors (Lipinski definition) is 2. The van der Waals surface area contributed by atoms with Crippen LogP contribution in [-0.2, 0) is 13.0 Å². The van der Waals surface area contributed by atoms with Crippen molar-refractivity contribution >= 4 is 22.6 Å². The van der Waals surface area contributed by atoms with Crippen LogP contribution in [0.25, 0.3) is 10.9 Å². The number of methoxy groups -OCH3 is 2. The minimum Gasteiger partial charge on any atom is -0.497 e. The number of hydrogen-bond acceptors (Lipinski definition) is 3. The van der Waals surface area contributed by atoms with Gasteiger partial charge >= 0.3 is 6.03 Å². The van der Waals surface area contributed by atoms with Gasteiger partial charge in [0.05, 0.1) is 19.9 Å². The molecule has 0 aliphatic carbocycles. The Labute approximate surface area is 151 Å². The van der Waals surface area contributed by atoms with Gasteiger partial charge in [-0.3, -0.25) is 0 Å². The van der Waals surface area contributed by atoms with Crippen molar-refractivity contribution in [2.75, 3.05) is 26.1 Å². The Bertz CT molecular complexity index is 964. The van der Waals surface area contributed by atoms with Crippen LogP contribution in [-0.4, -0.2) is 36.7 Å². The van der Waals surface area contributed by atoms with Crippen molar-refractivity contribution in [1.29, 1.82) is 0 Å². The first kappa shape index (κ1) is 16.3. The number of carbonyl (C=O) groups excluding carboxylic acids is 1. The minimum atomic E-state index is -0.146. The second kappa shape index (κ2) is 6.63. The van der Waals surface area contributed by atoms with E-state index in [0.29, 0.717) is 30.3 Å². The van der Waals surface area contributed by atoms with Gasteiger partial charge in [-0.25, -0.2) is 4.79 Å². The quantitative estimate of drug-likeness (QED) is 0.755. The highest BCUT2D eigenvalue weighted by molar-refractivity contribution is 5.92. The van der Waals surface area contributed by atoms with Gasteiger partial charge in [0.1, 0.15) is 11.5 Å². The molecule has 1 aliphatic heterocycles. The average Bonchev–Trinajstić information content (AvgIpc) is 3.05. The van der Waals surface area contributed by atoms with Crippen LogP contribution in [0.3, 0.4) is 0 Å². The normalized spacial score (nSPS) is 13.4. The molecule has 0 fully saturated rings. The molecule has 134 valence electrons. The van der Waals surface area contributed by atoms with Gasteiger partial charge in [0.25, 0.3) is 0 Å². The minimum absolute atomic E-state index is 0.146. The molecule has 6 nitrogen and oxygen atoms in total. The molecule has 0 unspecified atom stereocenters. The highest BCUT2D eigenvalue weighted by Crippen LogP contribution is 2.31. The first-order chi connectivity index (χ1) is 12.7. The summed E-state index contributed by atoms with van der Waals surface area (Å²) in [6.07, 6.45) is 0.812. The number of para-hydroxylation sites is 1. The Hall–Kier alpha value is -3.15. The predicted molar refractivity (Wildman–Crippen MR) is 101 cm³/mol. The molecule has 0 saturated carbocycles. The third-order valence-electron chi connectivity index (χ3n) is 4.82. The lowest BCUT2D eigenvalue weighted by molar-refractivity contribution is 0.206. The molecule has 1 aliphatic rings. The van der Waals surface area contributed by atoms with Gasteiger partial charge in [-0.15, -0.1) is 0 Å². The maximum Gasteiger partial charge on any atom is 0.322 e. The van der Waals surface area contributed by atoms with E-state index < -0.39 is 0 Å². The first-order valence-electron chi connectivity index (χ1n) is 8.56. The Kier molecular flexibility index (Phi) is 4.16. The van der Waals surface area contributed by atoms with Crippen molar-refractivity contribution in [2.45, 2.75) is 13.0 Å². The summed E-state index contributed by atoms with van der Waals surface area (Å²) in [5, 5.41) is 4.13. The molecule has 2 N–H and O–H groups in total. The monoisotopic (exact) mass is 351 g/mol. The maximum atomic E-state index is 12.8. The molecule has 1 aromatic heterocycles. The zero-order valence-electron chi connectivity index (χ0n) is 14.8. The van der Waals surface area contributed by atoms with Crippen molar-refractivity contribution in [1.82, 2.24) is 9.88 Å². The number of nitrogens with zero attached hydrogens (tertiary/aromatic N) is 1. The SMILES string of the molecule is COc1ccc(OC)c(NC(=O)N2CCc3[nH]c4ccccc4c3C2)c1. The topological polar surface area (TPSA) is 66.6 Å². The lowest BCUT2D eigenvalue weighted by Crippen LogP contribution is -2.38. The van der Waals surface area contributed by atoms with E-state index in [1.54, 1.807) is 32.4 Å². The molecule has 0 saturated heterocycles. The van der Waals surface area contributed by atoms with Crippen molar-refractivity contribution in [3.63, 3.8) is 0 Å². The molecule has 0 bridgehead atoms. The van der Waals surface area contributed by atoms with E-state index in [1.165, 1.54) is 16.6 Å². The van der Waals surface area contributed by atoms with Crippen molar-refractivity contribution in [3.8, 4) is 11.5 Å². The second-order valence-electron chi connectivity index (χ2n) is 6.30. The molecule has 0 radical (unpaired) electrons. The second-order valence-corrected chi connectivity index (χ2v) is 6.30. The number of ether oxygens (including phenoxy) is 2. The fourth-order valence-corrected chi connectivity index (χ4v) is 3.45. The number of nitrogens with one attached hydrogen (secondary N) is 2. The highest BCUT2D eigenvalue weighted by Gasteiger charge is 2.24. The van der Waals surface area contributed by atoms with Crippen LogP contribution >= 0.6 is 0 Å². The number of carbonyl (C=O) groups is 1. The van der Waals surface area contributed by atoms with E-state index in [9.17, 15) is 4.79 Å². The van der Waals surface area contributed by atoms with Crippen LogP contribution in [0.1, 0.15) is 11.3 Å². The Morgan fingerprint density at radius 2 is 2.00 bits per heavy atom. The molecular weight excluding hydrogens is 330 g/mol. The molecule has 0 atom stereocenters. The van der Waals surface area contributed by atoms with E-state index in [0.717, 1.165) is 11.9 Å². The number of anilines is 1. The zero-order valence-corrected chi connectivity index (χ0v) is 14.8. The van der Waals surface area contributed by atoms with Gasteiger partial charge in [-0.1, -0.05) is 18.2 Å². The van der Waals surface area contributed by atoms with Gasteiger partial charge in [-0.05, 0) is 18.2 Å². The molecule has 2 aromatic carbocycles. The first-order valence-corrected chi connectivity index (χ1v) is 8.56. The van der Waals surface area contributed by atoms with Crippen LogP contribution in [0, 0.1) is 0 Å². The summed E-state index contributed by atoms with van der Waals surface area (Å²) >= 11 is 0. The van der Waals surface area contributed by atoms with E-state index >= 15 is 0 Å². The summed E-state index contributed by atoms with van der Waals surface area (Å²) in [6.45, 7) is 1.25. The van der Waals surface area contributed by atoms with E-state index in [1.807, 2.05) is 17.0 Å². The number of H-pyrrole nitrogens is 1. The number of benzene rings is 2. The number of aromatic nitrogens is 1. The van der Waals surface area contributed by atoms with Crippen LogP contribution in [0.15, 0.2) is 42.5 Å². The summed E-state index contributed by atoms with van der Waals surface area (Å²) < 4.78 is 10.6. The van der Waals surface area contributed by atoms with Crippen LogP contribution < -0.4 is 14.8 Å². The molecule has 0 spiro atoms. The van der Waals surface area contributed by atoms with Crippen LogP contribution in [0.4, 0.5) is 10.5 Å². The number of fused-ring (bicyclic) bond motifs is 3. The lowest BCUT2D eigenvalue weighted by Gasteiger charge is -2.27. The largest absolute Gasteiger partial charge is 0.497 e. The van der Waals surface area contributed by atoms with E-state index in [4.69, 9.17) is 9.47 Å². The fraction of sp³-hybridized carbons (Fsp3) is 0.250. The van der Waals surface area contributed by atoms with Gasteiger partial charge in [0.2, 0.25) is 0 Å². The highest BCUT2D eigenvalue weighted by atomic mass is 16.5. The van der Waals surface area contributed by atoms with Crippen molar-refractivity contribution < 1.29 is 14.3 Å². The van der Waals surface area contributed by atoms with Gasteiger partial charge < -0.3 is 24.7 Å². The standard InChI is InChI=1S/C20H21N3O3/c1-25-13-7-8-19(26-2)18(11-13)22-20(24)23-10-9-17-15(12-23)14-5-3-4-6-16(14)21-17/h3-8,11,21H,9-10,12H2,1-2H3,(H,22,24). The van der Waals surface area contributed by atoms with Crippen LogP contribution in [0.5, 0.6) is 11.5 Å². The average molecular weight is 351 g/mol. The lowest BCUT2D eigenvalue weighted by atomic mass is 10.0. The van der Waals surface area contributed by atoms with Crippen molar-refractivity contribution in [2.24, 2.45) is 0 Å².